The van der Waals surface area contributed by atoms with Crippen LogP contribution in [0.5, 0.6) is 0 Å². The van der Waals surface area contributed by atoms with Crippen molar-refractivity contribution >= 4 is 22.7 Å². The molecular weight excluding hydrogens is 280 g/mol. The number of anilines is 2. The molecule has 0 radical (unpaired) electrons. The van der Waals surface area contributed by atoms with E-state index in [0.717, 1.165) is 62.5 Å². The van der Waals surface area contributed by atoms with E-state index in [2.05, 4.69) is 25.6 Å². The van der Waals surface area contributed by atoms with Crippen LogP contribution in [-0.2, 0) is 4.74 Å². The molecule has 0 unspecified atom stereocenters. The van der Waals surface area contributed by atoms with E-state index < -0.39 is 0 Å². The quantitative estimate of drug-likeness (QED) is 0.417. The normalized spacial score (nSPS) is 15.9. The fraction of sp³-hybridized carbons (Fsp3) is 0.467. The highest BCUT2D eigenvalue weighted by atomic mass is 16.5. The van der Waals surface area contributed by atoms with Crippen LogP contribution in [0.3, 0.4) is 0 Å². The molecule has 3 rings (SSSR count). The zero-order valence-corrected chi connectivity index (χ0v) is 12.6. The summed E-state index contributed by atoms with van der Waals surface area (Å²) in [6, 6.07) is 7.91. The molecular formula is C15H22N6O. The van der Waals surface area contributed by atoms with Gasteiger partial charge in [0.05, 0.1) is 18.7 Å². The first-order valence-corrected chi connectivity index (χ1v) is 7.64. The number of hydrazine groups is 1. The van der Waals surface area contributed by atoms with E-state index in [1.165, 1.54) is 0 Å². The average Bonchev–Trinajstić information content (AvgIpc) is 2.59. The van der Waals surface area contributed by atoms with Crippen LogP contribution < -0.4 is 16.6 Å². The van der Waals surface area contributed by atoms with Gasteiger partial charge in [0.15, 0.2) is 0 Å². The Morgan fingerprint density at radius 3 is 2.82 bits per heavy atom. The van der Waals surface area contributed by atoms with Crippen molar-refractivity contribution in [2.24, 2.45) is 5.84 Å². The number of rotatable bonds is 6. The molecule has 7 heteroatoms. The molecule has 4 N–H and O–H groups in total. The van der Waals surface area contributed by atoms with Crippen LogP contribution in [0, 0.1) is 0 Å². The summed E-state index contributed by atoms with van der Waals surface area (Å²) in [7, 11) is 0. The third-order valence-corrected chi connectivity index (χ3v) is 3.78. The summed E-state index contributed by atoms with van der Waals surface area (Å²) < 4.78 is 5.36. The smallest absolute Gasteiger partial charge is 0.239 e. The maximum atomic E-state index is 5.44. The summed E-state index contributed by atoms with van der Waals surface area (Å²) >= 11 is 0. The predicted octanol–water partition coefficient (Wildman–Crippen LogP) is 1.05. The zero-order chi connectivity index (χ0) is 15.2. The second kappa shape index (κ2) is 7.35. The highest BCUT2D eigenvalue weighted by Gasteiger charge is 2.10. The van der Waals surface area contributed by atoms with E-state index >= 15 is 0 Å². The molecule has 0 aliphatic carbocycles. The zero-order valence-electron chi connectivity index (χ0n) is 12.6. The van der Waals surface area contributed by atoms with E-state index in [0.29, 0.717) is 5.95 Å². The van der Waals surface area contributed by atoms with Crippen LogP contribution in [0.1, 0.15) is 6.42 Å². The molecule has 1 aromatic heterocycles. The van der Waals surface area contributed by atoms with Gasteiger partial charge in [-0.1, -0.05) is 12.1 Å². The van der Waals surface area contributed by atoms with Gasteiger partial charge in [-0.2, -0.15) is 4.98 Å². The lowest BCUT2D eigenvalue weighted by Crippen LogP contribution is -2.37. The van der Waals surface area contributed by atoms with Gasteiger partial charge in [-0.05, 0) is 25.1 Å². The Labute approximate surface area is 129 Å². The molecule has 1 aromatic carbocycles. The van der Waals surface area contributed by atoms with Gasteiger partial charge in [0, 0.05) is 25.0 Å². The van der Waals surface area contributed by atoms with E-state index in [1.807, 2.05) is 24.3 Å². The van der Waals surface area contributed by atoms with Crippen molar-refractivity contribution in [2.45, 2.75) is 6.42 Å². The Hall–Kier alpha value is -1.96. The SMILES string of the molecule is NNc1nc(NCCCN2CCOCC2)c2ccccc2n1. The van der Waals surface area contributed by atoms with Crippen molar-refractivity contribution in [1.82, 2.24) is 14.9 Å². The summed E-state index contributed by atoms with van der Waals surface area (Å²) in [6.45, 7) is 5.67. The lowest BCUT2D eigenvalue weighted by atomic mass is 10.2. The van der Waals surface area contributed by atoms with Crippen LogP contribution >= 0.6 is 0 Å². The molecule has 7 nitrogen and oxygen atoms in total. The molecule has 1 aliphatic heterocycles. The third-order valence-electron chi connectivity index (χ3n) is 3.78. The van der Waals surface area contributed by atoms with E-state index in [4.69, 9.17) is 10.6 Å². The van der Waals surface area contributed by atoms with Gasteiger partial charge in [-0.25, -0.2) is 10.8 Å². The van der Waals surface area contributed by atoms with Gasteiger partial charge < -0.3 is 10.1 Å². The fourth-order valence-electron chi connectivity index (χ4n) is 2.61. The fourth-order valence-corrected chi connectivity index (χ4v) is 2.61. The van der Waals surface area contributed by atoms with Crippen LogP contribution in [0.4, 0.5) is 11.8 Å². The minimum absolute atomic E-state index is 0.425. The Bertz CT molecular complexity index is 614. The molecule has 0 spiro atoms. The van der Waals surface area contributed by atoms with Crippen molar-refractivity contribution in [3.8, 4) is 0 Å². The first-order valence-electron chi connectivity index (χ1n) is 7.64. The molecule has 1 fully saturated rings. The predicted molar refractivity (Wildman–Crippen MR) is 87.7 cm³/mol. The molecule has 0 atom stereocenters. The van der Waals surface area contributed by atoms with Crippen molar-refractivity contribution < 1.29 is 4.74 Å². The van der Waals surface area contributed by atoms with Gasteiger partial charge in [-0.15, -0.1) is 0 Å². The van der Waals surface area contributed by atoms with Gasteiger partial charge in [0.1, 0.15) is 5.82 Å². The highest BCUT2D eigenvalue weighted by molar-refractivity contribution is 5.89. The summed E-state index contributed by atoms with van der Waals surface area (Å²) in [5.41, 5.74) is 3.39. The summed E-state index contributed by atoms with van der Waals surface area (Å²) in [4.78, 5) is 11.2. The molecule has 2 aromatic rings. The minimum Gasteiger partial charge on any atom is -0.379 e. The Morgan fingerprint density at radius 2 is 2.00 bits per heavy atom. The van der Waals surface area contributed by atoms with Gasteiger partial charge in [-0.3, -0.25) is 10.3 Å². The first-order chi connectivity index (χ1) is 10.9. The Kier molecular flexibility index (Phi) is 4.99. The number of nitrogens with one attached hydrogen (secondary N) is 2. The number of nitrogen functional groups attached to an aromatic ring is 1. The maximum Gasteiger partial charge on any atom is 0.239 e. The Morgan fingerprint density at radius 1 is 1.18 bits per heavy atom. The number of ether oxygens (including phenoxy) is 1. The second-order valence-corrected chi connectivity index (χ2v) is 5.29. The van der Waals surface area contributed by atoms with E-state index in [9.17, 15) is 0 Å². The van der Waals surface area contributed by atoms with Crippen LogP contribution in [0.15, 0.2) is 24.3 Å². The van der Waals surface area contributed by atoms with Crippen LogP contribution in [0.2, 0.25) is 0 Å². The highest BCUT2D eigenvalue weighted by Crippen LogP contribution is 2.21. The van der Waals surface area contributed by atoms with Gasteiger partial charge >= 0.3 is 0 Å². The third kappa shape index (κ3) is 3.62. The number of morpholine rings is 1. The van der Waals surface area contributed by atoms with Crippen molar-refractivity contribution in [1.29, 1.82) is 0 Å². The maximum absolute atomic E-state index is 5.44. The summed E-state index contributed by atoms with van der Waals surface area (Å²) in [5.74, 6) is 6.69. The van der Waals surface area contributed by atoms with Gasteiger partial charge in [0.25, 0.3) is 0 Å². The second-order valence-electron chi connectivity index (χ2n) is 5.29. The van der Waals surface area contributed by atoms with Crippen molar-refractivity contribution in [2.75, 3.05) is 50.1 Å². The van der Waals surface area contributed by atoms with Crippen LogP contribution in [0.25, 0.3) is 10.9 Å². The molecule has 0 bridgehead atoms. The standard InChI is InChI=1S/C15H22N6O/c16-20-15-18-13-5-2-1-4-12(13)14(19-15)17-6-3-7-21-8-10-22-11-9-21/h1-2,4-5H,3,6-11,16H2,(H2,17,18,19,20). The molecule has 0 amide bonds. The largest absolute Gasteiger partial charge is 0.379 e. The minimum atomic E-state index is 0.425. The molecule has 118 valence electrons. The van der Waals surface area contributed by atoms with Crippen molar-refractivity contribution in [3.05, 3.63) is 24.3 Å². The first kappa shape index (κ1) is 15.0. The Balaban J connectivity index is 1.60. The van der Waals surface area contributed by atoms with E-state index in [-0.39, 0.29) is 0 Å². The number of benzene rings is 1. The molecule has 2 heterocycles. The lowest BCUT2D eigenvalue weighted by molar-refractivity contribution is 0.0378. The van der Waals surface area contributed by atoms with E-state index in [1.54, 1.807) is 0 Å². The number of fused-ring (bicyclic) bond motifs is 1. The van der Waals surface area contributed by atoms with Crippen molar-refractivity contribution in [3.63, 3.8) is 0 Å². The number of aromatic nitrogens is 2. The molecule has 0 saturated carbocycles. The number of nitrogens with two attached hydrogens (primary N) is 1. The molecule has 22 heavy (non-hydrogen) atoms. The van der Waals surface area contributed by atoms with Crippen LogP contribution in [-0.4, -0.2) is 54.3 Å². The number of hydrogen-bond acceptors (Lipinski definition) is 7. The summed E-state index contributed by atoms with van der Waals surface area (Å²) in [6.07, 6.45) is 1.06. The monoisotopic (exact) mass is 302 g/mol. The number of nitrogens with zero attached hydrogens (tertiary/aromatic N) is 3. The number of para-hydroxylation sites is 1. The molecule has 1 aliphatic rings. The lowest BCUT2D eigenvalue weighted by Gasteiger charge is -2.26. The molecule has 1 saturated heterocycles. The average molecular weight is 302 g/mol. The number of hydrogen-bond donors (Lipinski definition) is 3. The summed E-state index contributed by atoms with van der Waals surface area (Å²) in [5, 5.41) is 4.40. The topological polar surface area (TPSA) is 88.3 Å². The van der Waals surface area contributed by atoms with Gasteiger partial charge in [0.2, 0.25) is 5.95 Å².